The maximum absolute atomic E-state index is 12.8. The molecule has 2 aromatic heterocycles. The number of aliphatic hydroxyl groups is 1. The maximum atomic E-state index is 12.8. The van der Waals surface area contributed by atoms with Crippen molar-refractivity contribution >= 4 is 11.6 Å². The molecule has 1 fully saturated rings. The highest BCUT2D eigenvalue weighted by atomic mass is 16.3. The van der Waals surface area contributed by atoms with Crippen molar-refractivity contribution in [1.82, 2.24) is 19.9 Å². The Morgan fingerprint density at radius 3 is 2.74 bits per heavy atom. The molecule has 2 heterocycles. The third kappa shape index (κ3) is 2.83. The minimum absolute atomic E-state index is 0.0890. The van der Waals surface area contributed by atoms with Crippen LogP contribution in [0.25, 0.3) is 5.65 Å². The lowest BCUT2D eigenvalue weighted by Gasteiger charge is -2.37. The van der Waals surface area contributed by atoms with Gasteiger partial charge in [0.2, 0.25) is 0 Å². The lowest BCUT2D eigenvalue weighted by atomic mass is 9.76. The molecule has 6 nitrogen and oxygen atoms in total. The van der Waals surface area contributed by atoms with Gasteiger partial charge in [-0.1, -0.05) is 6.92 Å². The molecule has 0 saturated heterocycles. The molecule has 2 N–H and O–H groups in total. The van der Waals surface area contributed by atoms with E-state index >= 15 is 0 Å². The number of hydrogen-bond acceptors (Lipinski definition) is 4. The number of fused-ring (bicyclic) bond motifs is 1. The largest absolute Gasteiger partial charge is 0.393 e. The Hall–Kier alpha value is -1.95. The molecule has 0 spiro atoms. The summed E-state index contributed by atoms with van der Waals surface area (Å²) in [7, 11) is 0. The zero-order valence-corrected chi connectivity index (χ0v) is 14.1. The van der Waals surface area contributed by atoms with Crippen molar-refractivity contribution in [3.63, 3.8) is 0 Å². The quantitative estimate of drug-likeness (QED) is 0.903. The maximum Gasteiger partial charge on any atom is 0.257 e. The molecule has 0 radical (unpaired) electrons. The molecule has 0 aromatic carbocycles. The van der Waals surface area contributed by atoms with E-state index in [0.717, 1.165) is 30.7 Å². The van der Waals surface area contributed by atoms with Gasteiger partial charge < -0.3 is 10.4 Å². The Balaban J connectivity index is 1.90. The summed E-state index contributed by atoms with van der Waals surface area (Å²) in [5.41, 5.74) is 3.69. The van der Waals surface area contributed by atoms with Crippen LogP contribution in [-0.2, 0) is 0 Å². The zero-order valence-electron chi connectivity index (χ0n) is 14.1. The molecule has 23 heavy (non-hydrogen) atoms. The monoisotopic (exact) mass is 316 g/mol. The minimum Gasteiger partial charge on any atom is -0.393 e. The molecule has 2 aromatic rings. The standard InChI is InChI=1S/C17H24N4O2/c1-5-14(12-7-13(22)8-12)19-17(23)15-11(4)20-21-10(3)6-9(2)18-16(15)21/h6,12-14,22H,5,7-8H2,1-4H3,(H,19,23). The Bertz CT molecular complexity index is 747. The average Bonchev–Trinajstić information content (AvgIpc) is 2.78. The first-order chi connectivity index (χ1) is 10.9. The second-order valence-corrected chi connectivity index (χ2v) is 6.61. The molecule has 1 amide bonds. The lowest BCUT2D eigenvalue weighted by molar-refractivity contribution is 0.0232. The predicted molar refractivity (Wildman–Crippen MR) is 87.5 cm³/mol. The summed E-state index contributed by atoms with van der Waals surface area (Å²) in [6, 6.07) is 2.04. The highest BCUT2D eigenvalue weighted by Crippen LogP contribution is 2.31. The van der Waals surface area contributed by atoms with E-state index in [1.807, 2.05) is 26.8 Å². The van der Waals surface area contributed by atoms with Gasteiger partial charge in [0.05, 0.1) is 11.8 Å². The van der Waals surface area contributed by atoms with E-state index in [9.17, 15) is 9.90 Å². The van der Waals surface area contributed by atoms with Crippen LogP contribution in [0, 0.1) is 26.7 Å². The number of hydrogen-bond donors (Lipinski definition) is 2. The molecule has 3 rings (SSSR count). The molecule has 0 bridgehead atoms. The molecular weight excluding hydrogens is 292 g/mol. The third-order valence-electron chi connectivity index (χ3n) is 4.77. The Labute approximate surface area is 135 Å². The van der Waals surface area contributed by atoms with Gasteiger partial charge in [-0.2, -0.15) is 5.10 Å². The van der Waals surface area contributed by atoms with Crippen molar-refractivity contribution < 1.29 is 9.90 Å². The van der Waals surface area contributed by atoms with E-state index in [1.54, 1.807) is 4.52 Å². The van der Waals surface area contributed by atoms with Crippen LogP contribution in [0.5, 0.6) is 0 Å². The number of nitrogens with one attached hydrogen (secondary N) is 1. The zero-order chi connectivity index (χ0) is 16.7. The topological polar surface area (TPSA) is 79.5 Å². The van der Waals surface area contributed by atoms with E-state index in [2.05, 4.69) is 22.3 Å². The van der Waals surface area contributed by atoms with Gasteiger partial charge in [0, 0.05) is 17.4 Å². The van der Waals surface area contributed by atoms with Crippen LogP contribution in [0.3, 0.4) is 0 Å². The third-order valence-corrected chi connectivity index (χ3v) is 4.77. The molecule has 0 aliphatic heterocycles. The molecule has 6 heteroatoms. The van der Waals surface area contributed by atoms with Crippen LogP contribution in [0.2, 0.25) is 0 Å². The Kier molecular flexibility index (Phi) is 4.10. The van der Waals surface area contributed by atoms with Crippen LogP contribution in [-0.4, -0.2) is 37.8 Å². The predicted octanol–water partition coefficient (Wildman–Crippen LogP) is 1.93. The van der Waals surface area contributed by atoms with Crippen molar-refractivity contribution in [2.75, 3.05) is 0 Å². The summed E-state index contributed by atoms with van der Waals surface area (Å²) in [5.74, 6) is 0.237. The smallest absolute Gasteiger partial charge is 0.257 e. The number of rotatable bonds is 4. The van der Waals surface area contributed by atoms with Crippen molar-refractivity contribution in [2.45, 2.75) is 59.1 Å². The summed E-state index contributed by atoms with van der Waals surface area (Å²) in [4.78, 5) is 17.3. The highest BCUT2D eigenvalue weighted by molar-refractivity contribution is 6.01. The fourth-order valence-electron chi connectivity index (χ4n) is 3.45. The van der Waals surface area contributed by atoms with Gasteiger partial charge in [0.25, 0.3) is 5.91 Å². The lowest BCUT2D eigenvalue weighted by Crippen LogP contribution is -2.46. The van der Waals surface area contributed by atoms with Gasteiger partial charge in [-0.15, -0.1) is 0 Å². The molecule has 1 unspecified atom stereocenters. The van der Waals surface area contributed by atoms with Gasteiger partial charge in [-0.3, -0.25) is 4.79 Å². The highest BCUT2D eigenvalue weighted by Gasteiger charge is 2.34. The first-order valence-electron chi connectivity index (χ1n) is 8.23. The van der Waals surface area contributed by atoms with Crippen molar-refractivity contribution in [1.29, 1.82) is 0 Å². The first kappa shape index (κ1) is 15.9. The Morgan fingerprint density at radius 1 is 1.43 bits per heavy atom. The van der Waals surface area contributed by atoms with Crippen LogP contribution < -0.4 is 5.32 Å². The molecule has 1 aliphatic rings. The van der Waals surface area contributed by atoms with E-state index in [1.165, 1.54) is 0 Å². The molecule has 124 valence electrons. The van der Waals surface area contributed by atoms with E-state index in [4.69, 9.17) is 0 Å². The van der Waals surface area contributed by atoms with Gasteiger partial charge in [0.15, 0.2) is 5.65 Å². The molecule has 1 atom stereocenters. The summed E-state index contributed by atoms with van der Waals surface area (Å²) >= 11 is 0. The molecule has 1 aliphatic carbocycles. The number of carbonyl (C=O) groups is 1. The van der Waals surface area contributed by atoms with E-state index in [0.29, 0.717) is 22.8 Å². The number of aliphatic hydroxyl groups excluding tert-OH is 1. The fraction of sp³-hybridized carbons (Fsp3) is 0.588. The normalized spacial score (nSPS) is 22.0. The number of nitrogens with zero attached hydrogens (tertiary/aromatic N) is 3. The van der Waals surface area contributed by atoms with Crippen LogP contribution in [0.1, 0.15) is 53.6 Å². The van der Waals surface area contributed by atoms with Crippen LogP contribution in [0.4, 0.5) is 0 Å². The summed E-state index contributed by atoms with van der Waals surface area (Å²) < 4.78 is 1.73. The van der Waals surface area contributed by atoms with Crippen LogP contribution >= 0.6 is 0 Å². The summed E-state index contributed by atoms with van der Waals surface area (Å²) in [5, 5.41) is 17.1. The van der Waals surface area contributed by atoms with Gasteiger partial charge >= 0.3 is 0 Å². The number of amides is 1. The first-order valence-corrected chi connectivity index (χ1v) is 8.23. The fourth-order valence-corrected chi connectivity index (χ4v) is 3.45. The Morgan fingerprint density at radius 2 is 2.13 bits per heavy atom. The second kappa shape index (κ2) is 5.92. The van der Waals surface area contributed by atoms with Gasteiger partial charge in [0.1, 0.15) is 5.56 Å². The van der Waals surface area contributed by atoms with Gasteiger partial charge in [-0.05, 0) is 52.0 Å². The van der Waals surface area contributed by atoms with Crippen molar-refractivity contribution in [3.05, 3.63) is 28.7 Å². The molecular formula is C17H24N4O2. The number of aryl methyl sites for hydroxylation is 3. The van der Waals surface area contributed by atoms with E-state index in [-0.39, 0.29) is 18.1 Å². The second-order valence-electron chi connectivity index (χ2n) is 6.61. The van der Waals surface area contributed by atoms with E-state index < -0.39 is 0 Å². The average molecular weight is 316 g/mol. The van der Waals surface area contributed by atoms with Crippen LogP contribution in [0.15, 0.2) is 6.07 Å². The van der Waals surface area contributed by atoms with Gasteiger partial charge in [-0.25, -0.2) is 9.50 Å². The number of carbonyl (C=O) groups excluding carboxylic acids is 1. The summed E-state index contributed by atoms with van der Waals surface area (Å²) in [6.45, 7) is 7.78. The SMILES string of the molecule is CCC(NC(=O)c1c(C)nn2c(C)cc(C)nc12)C1CC(O)C1. The van der Waals surface area contributed by atoms with Crippen molar-refractivity contribution in [3.8, 4) is 0 Å². The summed E-state index contributed by atoms with van der Waals surface area (Å²) in [6.07, 6.45) is 2.18. The van der Waals surface area contributed by atoms with Crippen molar-refractivity contribution in [2.24, 2.45) is 5.92 Å². The number of aromatic nitrogens is 3. The molecule has 1 saturated carbocycles. The minimum atomic E-state index is -0.211.